The maximum Gasteiger partial charge on any atom is 0.185 e. The zero-order valence-corrected chi connectivity index (χ0v) is 13.0. The molecule has 0 fully saturated rings. The minimum absolute atomic E-state index is 0.0143. The predicted octanol–water partition coefficient (Wildman–Crippen LogP) is 5.15. The van der Waals surface area contributed by atoms with Gasteiger partial charge in [-0.15, -0.1) is 0 Å². The smallest absolute Gasteiger partial charge is 0.185 e. The van der Waals surface area contributed by atoms with Crippen LogP contribution in [0.4, 0.5) is 0 Å². The summed E-state index contributed by atoms with van der Waals surface area (Å²) in [6, 6.07) is 17.1. The summed E-state index contributed by atoms with van der Waals surface area (Å²) in [7, 11) is 0. The van der Waals surface area contributed by atoms with Gasteiger partial charge >= 0.3 is 0 Å². The van der Waals surface area contributed by atoms with E-state index in [1.165, 1.54) is 12.8 Å². The van der Waals surface area contributed by atoms with Crippen LogP contribution in [0.2, 0.25) is 0 Å². The van der Waals surface area contributed by atoms with Gasteiger partial charge in [-0.3, -0.25) is 4.79 Å². The molecule has 2 nitrogen and oxygen atoms in total. The molecule has 2 aromatic carbocycles. The first-order chi connectivity index (χ1) is 10.8. The normalized spacial score (nSPS) is 10.8. The van der Waals surface area contributed by atoms with Gasteiger partial charge in [0.2, 0.25) is 0 Å². The summed E-state index contributed by atoms with van der Waals surface area (Å²) >= 11 is 0. The van der Waals surface area contributed by atoms with Crippen molar-refractivity contribution < 1.29 is 9.53 Å². The Bertz CT molecular complexity index is 597. The van der Waals surface area contributed by atoms with E-state index in [0.29, 0.717) is 5.56 Å². The molecule has 0 aliphatic rings. The molecule has 0 aromatic heterocycles. The molecule has 0 radical (unpaired) electrons. The van der Waals surface area contributed by atoms with Crippen LogP contribution in [-0.2, 0) is 0 Å². The lowest BCUT2D eigenvalue weighted by Gasteiger charge is -2.05. The van der Waals surface area contributed by atoms with Crippen LogP contribution in [0.25, 0.3) is 6.08 Å². The summed E-state index contributed by atoms with van der Waals surface area (Å²) in [5.41, 5.74) is 1.69. The lowest BCUT2D eigenvalue weighted by Crippen LogP contribution is -1.96. The Kier molecular flexibility index (Phi) is 6.43. The van der Waals surface area contributed by atoms with Crippen molar-refractivity contribution in [1.29, 1.82) is 0 Å². The molecule has 2 heteroatoms. The van der Waals surface area contributed by atoms with Gasteiger partial charge in [0.15, 0.2) is 5.78 Å². The Balaban J connectivity index is 1.88. The van der Waals surface area contributed by atoms with Crippen molar-refractivity contribution >= 4 is 11.9 Å². The van der Waals surface area contributed by atoms with Gasteiger partial charge in [-0.05, 0) is 30.2 Å². The van der Waals surface area contributed by atoms with Crippen LogP contribution in [0, 0.1) is 0 Å². The summed E-state index contributed by atoms with van der Waals surface area (Å²) < 4.78 is 5.67. The van der Waals surface area contributed by atoms with Crippen molar-refractivity contribution in [2.75, 3.05) is 6.61 Å². The molecular weight excluding hydrogens is 272 g/mol. The van der Waals surface area contributed by atoms with Gasteiger partial charge in [0.25, 0.3) is 0 Å². The molecule has 0 N–H and O–H groups in total. The second-order valence-electron chi connectivity index (χ2n) is 5.19. The van der Waals surface area contributed by atoms with E-state index in [2.05, 4.69) is 6.92 Å². The molecule has 0 aliphatic heterocycles. The van der Waals surface area contributed by atoms with Crippen LogP contribution in [0.1, 0.15) is 42.1 Å². The van der Waals surface area contributed by atoms with E-state index in [0.717, 1.165) is 24.3 Å². The molecular formula is C20H22O2. The molecule has 0 bridgehead atoms. The summed E-state index contributed by atoms with van der Waals surface area (Å²) in [6.07, 6.45) is 6.91. The summed E-state index contributed by atoms with van der Waals surface area (Å²) in [5, 5.41) is 0. The van der Waals surface area contributed by atoms with Crippen LogP contribution in [-0.4, -0.2) is 12.4 Å². The second-order valence-corrected chi connectivity index (χ2v) is 5.19. The number of rotatable bonds is 8. The number of carbonyl (C=O) groups is 1. The average molecular weight is 294 g/mol. The Morgan fingerprint density at radius 1 is 1.00 bits per heavy atom. The van der Waals surface area contributed by atoms with Crippen molar-refractivity contribution in [3.63, 3.8) is 0 Å². The van der Waals surface area contributed by atoms with Crippen molar-refractivity contribution in [3.05, 3.63) is 71.8 Å². The van der Waals surface area contributed by atoms with E-state index in [1.54, 1.807) is 6.08 Å². The topological polar surface area (TPSA) is 26.3 Å². The number of allylic oxidation sites excluding steroid dienone is 1. The molecule has 0 spiro atoms. The minimum atomic E-state index is 0.0143. The van der Waals surface area contributed by atoms with Gasteiger partial charge in [-0.2, -0.15) is 0 Å². The van der Waals surface area contributed by atoms with Crippen LogP contribution < -0.4 is 4.74 Å². The van der Waals surface area contributed by atoms with Crippen LogP contribution in [0.3, 0.4) is 0 Å². The highest BCUT2D eigenvalue weighted by atomic mass is 16.5. The summed E-state index contributed by atoms with van der Waals surface area (Å²) in [5.74, 6) is 0.892. The average Bonchev–Trinajstić information content (AvgIpc) is 2.58. The molecule has 0 aliphatic carbocycles. The number of carbonyl (C=O) groups excluding carboxylic acids is 1. The Hall–Kier alpha value is -2.35. The third-order valence-corrected chi connectivity index (χ3v) is 3.38. The van der Waals surface area contributed by atoms with Crippen LogP contribution in [0.5, 0.6) is 5.75 Å². The standard InChI is InChI=1S/C20H22O2/c1-2-3-7-16-22-19-13-10-17(11-14-19)12-15-20(21)18-8-5-4-6-9-18/h4-6,8-15H,2-3,7,16H2,1H3/b15-12+. The van der Waals surface area contributed by atoms with Crippen molar-refractivity contribution in [3.8, 4) is 5.75 Å². The molecule has 0 heterocycles. The molecule has 114 valence electrons. The highest BCUT2D eigenvalue weighted by Crippen LogP contribution is 2.14. The number of hydrogen-bond donors (Lipinski definition) is 0. The van der Waals surface area contributed by atoms with E-state index in [1.807, 2.05) is 60.7 Å². The van der Waals surface area contributed by atoms with Gasteiger partial charge in [0.1, 0.15) is 5.75 Å². The quantitative estimate of drug-likeness (QED) is 0.382. The first kappa shape index (κ1) is 16.0. The van der Waals surface area contributed by atoms with E-state index in [4.69, 9.17) is 4.74 Å². The fourth-order valence-corrected chi connectivity index (χ4v) is 2.09. The van der Waals surface area contributed by atoms with Crippen LogP contribution >= 0.6 is 0 Å². The first-order valence-corrected chi connectivity index (χ1v) is 7.80. The number of ketones is 1. The molecule has 0 saturated heterocycles. The fraction of sp³-hybridized carbons (Fsp3) is 0.250. The summed E-state index contributed by atoms with van der Waals surface area (Å²) in [4.78, 5) is 12.0. The summed E-state index contributed by atoms with van der Waals surface area (Å²) in [6.45, 7) is 2.94. The molecule has 0 amide bonds. The lowest BCUT2D eigenvalue weighted by molar-refractivity contribution is 0.104. The zero-order valence-electron chi connectivity index (χ0n) is 13.0. The largest absolute Gasteiger partial charge is 0.494 e. The highest BCUT2D eigenvalue weighted by molar-refractivity contribution is 6.06. The van der Waals surface area contributed by atoms with Crippen LogP contribution in [0.15, 0.2) is 60.7 Å². The van der Waals surface area contributed by atoms with Crippen molar-refractivity contribution in [2.24, 2.45) is 0 Å². The Morgan fingerprint density at radius 3 is 2.41 bits per heavy atom. The minimum Gasteiger partial charge on any atom is -0.494 e. The van der Waals surface area contributed by atoms with Gasteiger partial charge in [0, 0.05) is 5.56 Å². The lowest BCUT2D eigenvalue weighted by atomic mass is 10.1. The SMILES string of the molecule is CCCCCOc1ccc(/C=C/C(=O)c2ccccc2)cc1. The molecule has 0 unspecified atom stereocenters. The number of ether oxygens (including phenoxy) is 1. The number of hydrogen-bond acceptors (Lipinski definition) is 2. The predicted molar refractivity (Wildman–Crippen MR) is 91.3 cm³/mol. The number of unbranched alkanes of at least 4 members (excludes halogenated alkanes) is 2. The Labute approximate surface area is 132 Å². The van der Waals surface area contributed by atoms with Gasteiger partial charge in [-0.25, -0.2) is 0 Å². The van der Waals surface area contributed by atoms with Gasteiger partial charge < -0.3 is 4.74 Å². The van der Waals surface area contributed by atoms with Gasteiger partial charge in [-0.1, -0.05) is 68.3 Å². The van der Waals surface area contributed by atoms with Gasteiger partial charge in [0.05, 0.1) is 6.61 Å². The van der Waals surface area contributed by atoms with E-state index in [-0.39, 0.29) is 5.78 Å². The Morgan fingerprint density at radius 2 is 1.73 bits per heavy atom. The molecule has 2 aromatic rings. The highest BCUT2D eigenvalue weighted by Gasteiger charge is 1.99. The van der Waals surface area contributed by atoms with E-state index < -0.39 is 0 Å². The van der Waals surface area contributed by atoms with E-state index >= 15 is 0 Å². The third kappa shape index (κ3) is 5.21. The molecule has 0 atom stereocenters. The molecule has 2 rings (SSSR count). The maximum absolute atomic E-state index is 12.0. The first-order valence-electron chi connectivity index (χ1n) is 7.80. The number of benzene rings is 2. The molecule has 22 heavy (non-hydrogen) atoms. The second kappa shape index (κ2) is 8.83. The monoisotopic (exact) mass is 294 g/mol. The van der Waals surface area contributed by atoms with Crippen molar-refractivity contribution in [1.82, 2.24) is 0 Å². The van der Waals surface area contributed by atoms with Crippen molar-refractivity contribution in [2.45, 2.75) is 26.2 Å². The maximum atomic E-state index is 12.0. The fourth-order valence-electron chi connectivity index (χ4n) is 2.09. The molecule has 0 saturated carbocycles. The zero-order chi connectivity index (χ0) is 15.6. The third-order valence-electron chi connectivity index (χ3n) is 3.38. The van der Waals surface area contributed by atoms with E-state index in [9.17, 15) is 4.79 Å².